The molecule has 0 amide bonds. The van der Waals surface area contributed by atoms with Crippen molar-refractivity contribution in [3.63, 3.8) is 0 Å². The van der Waals surface area contributed by atoms with Crippen LogP contribution in [0.4, 0.5) is 0 Å². The average molecular weight is 339 g/mol. The van der Waals surface area contributed by atoms with Crippen molar-refractivity contribution < 1.29 is 0 Å². The number of piperidine rings is 1. The molecule has 0 aliphatic carbocycles. The third-order valence-electron chi connectivity index (χ3n) is 4.34. The average Bonchev–Trinajstić information content (AvgIpc) is 3.03. The minimum absolute atomic E-state index is 0.566. The zero-order chi connectivity index (χ0) is 15.4. The number of rotatable bonds is 5. The molecule has 0 spiro atoms. The molecule has 1 fully saturated rings. The van der Waals surface area contributed by atoms with E-state index in [9.17, 15) is 0 Å². The lowest BCUT2D eigenvalue weighted by Crippen LogP contribution is -2.39. The molecule has 1 aliphatic rings. The van der Waals surface area contributed by atoms with E-state index < -0.39 is 0 Å². The minimum atomic E-state index is 0.566. The summed E-state index contributed by atoms with van der Waals surface area (Å²) in [5.41, 5.74) is 0.993. The first-order valence-electron chi connectivity index (χ1n) is 7.71. The maximum Gasteiger partial charge on any atom is 0.0945 e. The monoisotopic (exact) mass is 338 g/mol. The molecular weight excluding hydrogens is 319 g/mol. The zero-order valence-corrected chi connectivity index (χ0v) is 14.0. The minimum Gasteiger partial charge on any atom is -0.337 e. The fourth-order valence-corrected chi connectivity index (χ4v) is 3.59. The number of pyridine rings is 1. The summed E-state index contributed by atoms with van der Waals surface area (Å²) in [6, 6.07) is 0.566. The van der Waals surface area contributed by atoms with Crippen molar-refractivity contribution in [1.82, 2.24) is 19.4 Å². The van der Waals surface area contributed by atoms with Crippen molar-refractivity contribution in [3.05, 3.63) is 46.7 Å². The first-order chi connectivity index (χ1) is 10.7. The maximum atomic E-state index is 6.27. The summed E-state index contributed by atoms with van der Waals surface area (Å²) >= 11 is 12.5. The van der Waals surface area contributed by atoms with Gasteiger partial charge in [0.2, 0.25) is 0 Å². The molecule has 3 heterocycles. The number of nitrogens with zero attached hydrogens (tertiary/aromatic N) is 4. The lowest BCUT2D eigenvalue weighted by Gasteiger charge is -2.36. The van der Waals surface area contributed by atoms with Crippen LogP contribution in [-0.2, 0) is 13.1 Å². The summed E-state index contributed by atoms with van der Waals surface area (Å²) in [5.74, 6) is 0. The largest absolute Gasteiger partial charge is 0.337 e. The van der Waals surface area contributed by atoms with Gasteiger partial charge in [-0.2, -0.15) is 0 Å². The number of hydrogen-bond donors (Lipinski definition) is 0. The number of aryl methyl sites for hydroxylation is 1. The Balaban J connectivity index is 1.67. The van der Waals surface area contributed by atoms with Crippen LogP contribution in [0.5, 0.6) is 0 Å². The summed E-state index contributed by atoms with van der Waals surface area (Å²) in [6.45, 7) is 2.90. The number of imidazole rings is 1. The van der Waals surface area contributed by atoms with E-state index in [2.05, 4.69) is 19.4 Å². The highest BCUT2D eigenvalue weighted by atomic mass is 35.5. The fourth-order valence-electron chi connectivity index (χ4n) is 3.10. The van der Waals surface area contributed by atoms with E-state index in [0.29, 0.717) is 16.1 Å². The van der Waals surface area contributed by atoms with Crippen LogP contribution >= 0.6 is 23.2 Å². The smallest absolute Gasteiger partial charge is 0.0945 e. The molecule has 22 heavy (non-hydrogen) atoms. The Kier molecular flexibility index (Phi) is 5.34. The number of hydrogen-bond acceptors (Lipinski definition) is 3. The third-order valence-corrected chi connectivity index (χ3v) is 4.99. The molecule has 0 radical (unpaired) electrons. The Bertz CT molecular complexity index is 580. The quantitative estimate of drug-likeness (QED) is 0.825. The number of halogens is 2. The molecule has 2 aromatic rings. The standard InChI is InChI=1S/C16H20Cl2N4/c17-15-9-20-10-16(18)14(15)11-22-6-2-1-3-13(22)4-7-21-8-5-19-12-21/h5,8-10,12-13H,1-4,6-7,11H2/t13-/m0/s1. The molecule has 0 aromatic carbocycles. The molecule has 6 heteroatoms. The van der Waals surface area contributed by atoms with Crippen LogP contribution in [0.2, 0.25) is 10.0 Å². The van der Waals surface area contributed by atoms with Crippen LogP contribution in [0.15, 0.2) is 31.1 Å². The Labute approximate surface area is 141 Å². The fraction of sp³-hybridized carbons (Fsp3) is 0.500. The summed E-state index contributed by atoms with van der Waals surface area (Å²) in [7, 11) is 0. The van der Waals surface area contributed by atoms with Crippen molar-refractivity contribution in [1.29, 1.82) is 0 Å². The van der Waals surface area contributed by atoms with Crippen LogP contribution in [0.25, 0.3) is 0 Å². The van der Waals surface area contributed by atoms with E-state index in [1.165, 1.54) is 19.3 Å². The first kappa shape index (κ1) is 15.8. The Morgan fingerprint density at radius 1 is 1.14 bits per heavy atom. The molecular formula is C16H20Cl2N4. The summed E-state index contributed by atoms with van der Waals surface area (Å²) < 4.78 is 2.14. The third kappa shape index (κ3) is 3.80. The van der Waals surface area contributed by atoms with Crippen molar-refractivity contribution in [2.75, 3.05) is 6.54 Å². The molecule has 0 saturated carbocycles. The summed E-state index contributed by atoms with van der Waals surface area (Å²) in [6.07, 6.45) is 14.0. The van der Waals surface area contributed by atoms with E-state index in [-0.39, 0.29) is 0 Å². The van der Waals surface area contributed by atoms with E-state index in [0.717, 1.165) is 31.6 Å². The first-order valence-corrected chi connectivity index (χ1v) is 8.47. The van der Waals surface area contributed by atoms with Gasteiger partial charge >= 0.3 is 0 Å². The van der Waals surface area contributed by atoms with Gasteiger partial charge in [0, 0.05) is 49.5 Å². The highest BCUT2D eigenvalue weighted by Gasteiger charge is 2.23. The second-order valence-corrected chi connectivity index (χ2v) is 6.61. The van der Waals surface area contributed by atoms with Gasteiger partial charge in [-0.15, -0.1) is 0 Å². The van der Waals surface area contributed by atoms with Gasteiger partial charge < -0.3 is 4.57 Å². The summed E-state index contributed by atoms with van der Waals surface area (Å²) in [5, 5.41) is 1.32. The molecule has 1 aliphatic heterocycles. The van der Waals surface area contributed by atoms with E-state index >= 15 is 0 Å². The highest BCUT2D eigenvalue weighted by molar-refractivity contribution is 6.35. The van der Waals surface area contributed by atoms with Crippen LogP contribution in [0.3, 0.4) is 0 Å². The Hall–Kier alpha value is -1.10. The highest BCUT2D eigenvalue weighted by Crippen LogP contribution is 2.28. The molecule has 0 unspecified atom stereocenters. The molecule has 2 aromatic heterocycles. The molecule has 3 rings (SSSR count). The van der Waals surface area contributed by atoms with Crippen LogP contribution in [0.1, 0.15) is 31.2 Å². The SMILES string of the molecule is Clc1cncc(Cl)c1CN1CCCC[C@H]1CCn1ccnc1. The van der Waals surface area contributed by atoms with Crippen molar-refractivity contribution in [3.8, 4) is 0 Å². The second kappa shape index (κ2) is 7.44. The van der Waals surface area contributed by atoms with Crippen molar-refractivity contribution in [2.45, 2.75) is 44.8 Å². The number of likely N-dealkylation sites (tertiary alicyclic amines) is 1. The van der Waals surface area contributed by atoms with E-state index in [1.54, 1.807) is 12.4 Å². The van der Waals surface area contributed by atoms with Crippen LogP contribution < -0.4 is 0 Å². The Morgan fingerprint density at radius 2 is 1.95 bits per heavy atom. The summed E-state index contributed by atoms with van der Waals surface area (Å²) in [4.78, 5) is 10.6. The molecule has 0 bridgehead atoms. The van der Waals surface area contributed by atoms with Crippen LogP contribution in [-0.4, -0.2) is 32.0 Å². The molecule has 0 N–H and O–H groups in total. The Morgan fingerprint density at radius 3 is 2.68 bits per heavy atom. The van der Waals surface area contributed by atoms with Gasteiger partial charge in [0.25, 0.3) is 0 Å². The van der Waals surface area contributed by atoms with Gasteiger partial charge in [-0.05, 0) is 25.8 Å². The topological polar surface area (TPSA) is 34.0 Å². The second-order valence-electron chi connectivity index (χ2n) is 5.79. The van der Waals surface area contributed by atoms with Gasteiger partial charge in [-0.25, -0.2) is 4.98 Å². The van der Waals surface area contributed by atoms with Gasteiger partial charge in [0.1, 0.15) is 0 Å². The van der Waals surface area contributed by atoms with Gasteiger partial charge in [0.15, 0.2) is 0 Å². The maximum absolute atomic E-state index is 6.27. The molecule has 1 saturated heterocycles. The van der Waals surface area contributed by atoms with Crippen LogP contribution in [0, 0.1) is 0 Å². The number of aromatic nitrogens is 3. The normalized spacial score (nSPS) is 19.5. The zero-order valence-electron chi connectivity index (χ0n) is 12.5. The lowest BCUT2D eigenvalue weighted by atomic mass is 9.98. The van der Waals surface area contributed by atoms with Gasteiger partial charge in [0.05, 0.1) is 16.4 Å². The van der Waals surface area contributed by atoms with E-state index in [1.807, 2.05) is 18.7 Å². The van der Waals surface area contributed by atoms with Crippen molar-refractivity contribution in [2.24, 2.45) is 0 Å². The molecule has 4 nitrogen and oxygen atoms in total. The lowest BCUT2D eigenvalue weighted by molar-refractivity contribution is 0.128. The molecule has 118 valence electrons. The van der Waals surface area contributed by atoms with Gasteiger partial charge in [-0.3, -0.25) is 9.88 Å². The van der Waals surface area contributed by atoms with Gasteiger partial charge in [-0.1, -0.05) is 29.6 Å². The van der Waals surface area contributed by atoms with E-state index in [4.69, 9.17) is 23.2 Å². The molecule has 1 atom stereocenters. The van der Waals surface area contributed by atoms with Crippen molar-refractivity contribution >= 4 is 23.2 Å². The predicted molar refractivity (Wildman–Crippen MR) is 89.2 cm³/mol. The predicted octanol–water partition coefficient (Wildman–Crippen LogP) is 4.03.